The molecule has 128 valence electrons. The molecule has 0 bridgehead atoms. The Kier molecular flexibility index (Phi) is 4.90. The number of halogens is 1. The fourth-order valence-electron chi connectivity index (χ4n) is 2.50. The molecule has 1 aliphatic heterocycles. The molecule has 1 aromatic rings. The van der Waals surface area contributed by atoms with Crippen LogP contribution in [0.15, 0.2) is 6.17 Å². The van der Waals surface area contributed by atoms with Gasteiger partial charge in [-0.1, -0.05) is 11.6 Å². The highest BCUT2D eigenvalue weighted by Crippen LogP contribution is 2.24. The lowest BCUT2D eigenvalue weighted by Crippen LogP contribution is -2.35. The van der Waals surface area contributed by atoms with Crippen molar-refractivity contribution in [1.82, 2.24) is 14.9 Å². The third-order valence-corrected chi connectivity index (χ3v) is 3.80. The zero-order valence-electron chi connectivity index (χ0n) is 15.4. The van der Waals surface area contributed by atoms with Crippen LogP contribution in [0.1, 0.15) is 34.4 Å². The van der Waals surface area contributed by atoms with Crippen LogP contribution in [-0.2, 0) is 11.2 Å². The van der Waals surface area contributed by atoms with Crippen LogP contribution in [0.5, 0.6) is 0 Å². The molecule has 0 radical (unpaired) electrons. The van der Waals surface area contributed by atoms with Gasteiger partial charge < -0.3 is 14.5 Å². The van der Waals surface area contributed by atoms with Crippen LogP contribution in [0.25, 0.3) is 0 Å². The molecule has 1 aromatic heterocycles. The first-order valence-corrected chi connectivity index (χ1v) is 8.13. The Morgan fingerprint density at radius 3 is 2.87 bits per heavy atom. The molecule has 6 nitrogen and oxygen atoms in total. The van der Waals surface area contributed by atoms with Crippen molar-refractivity contribution < 1.29 is 10.9 Å². The molecule has 23 heavy (non-hydrogen) atoms. The molecule has 0 aromatic carbocycles. The van der Waals surface area contributed by atoms with Crippen molar-refractivity contribution in [3.05, 3.63) is 17.0 Å². The van der Waals surface area contributed by atoms with Gasteiger partial charge in [-0.3, -0.25) is 0 Å². The molecule has 2 heterocycles. The van der Waals surface area contributed by atoms with Crippen LogP contribution < -0.4 is 4.90 Å². The van der Waals surface area contributed by atoms with Crippen molar-refractivity contribution in [2.24, 2.45) is 5.92 Å². The van der Waals surface area contributed by atoms with Gasteiger partial charge in [0.25, 0.3) is 0 Å². The summed E-state index contributed by atoms with van der Waals surface area (Å²) in [5.41, 5.74) is -0.491. The molecule has 0 spiro atoms. The molecule has 1 amide bonds. The molecule has 1 aliphatic rings. The Morgan fingerprint density at radius 1 is 1.57 bits per heavy atom. The number of amides is 1. The van der Waals surface area contributed by atoms with Gasteiger partial charge in [-0.05, 0) is 33.1 Å². The summed E-state index contributed by atoms with van der Waals surface area (Å²) >= 11 is 6.08. The average molecular weight is 342 g/mol. The van der Waals surface area contributed by atoms with Gasteiger partial charge in [-0.15, -0.1) is 0 Å². The highest BCUT2D eigenvalue weighted by molar-refractivity contribution is 6.32. The van der Waals surface area contributed by atoms with E-state index in [-0.39, 0.29) is 23.2 Å². The summed E-state index contributed by atoms with van der Waals surface area (Å²) in [6, 6.07) is 0. The molecule has 1 atom stereocenters. The summed E-state index contributed by atoms with van der Waals surface area (Å²) in [5.74, 6) is 1.39. The van der Waals surface area contributed by atoms with E-state index in [2.05, 4.69) is 9.97 Å². The van der Waals surface area contributed by atoms with E-state index >= 15 is 0 Å². The summed E-state index contributed by atoms with van der Waals surface area (Å²) in [7, 11) is 3.66. The van der Waals surface area contributed by atoms with E-state index in [0.29, 0.717) is 31.2 Å². The maximum Gasteiger partial charge on any atom is 0.410 e. The minimum atomic E-state index is -0.491. The minimum absolute atomic E-state index is 0.0346. The zero-order valence-corrected chi connectivity index (χ0v) is 15.1. The second-order valence-electron chi connectivity index (χ2n) is 7.07. The Bertz CT molecular complexity index is 619. The van der Waals surface area contributed by atoms with Crippen LogP contribution in [0.4, 0.5) is 10.6 Å². The number of hydrogen-bond acceptors (Lipinski definition) is 5. The summed E-state index contributed by atoms with van der Waals surface area (Å²) < 4.78 is 13.3. The van der Waals surface area contributed by atoms with E-state index in [9.17, 15) is 4.79 Å². The molecular weight excluding hydrogens is 316 g/mol. The third-order valence-electron chi connectivity index (χ3n) is 3.55. The van der Waals surface area contributed by atoms with Gasteiger partial charge in [-0.2, -0.15) is 0 Å². The Morgan fingerprint density at radius 2 is 2.26 bits per heavy atom. The highest BCUT2D eigenvalue weighted by atomic mass is 35.5. The molecule has 7 heteroatoms. The maximum absolute atomic E-state index is 12.1. The Balaban J connectivity index is 2.02. The zero-order chi connectivity index (χ0) is 18.1. The predicted octanol–water partition coefficient (Wildman–Crippen LogP) is 3.00. The number of likely N-dealkylation sites (tertiary alicyclic amines) is 1. The SMILES string of the molecule is [2H]c1nc(C[C@@H]2CCN(C(=O)OC(C)(C)C)C2)nc(N(C)C)c1Cl. The lowest BCUT2D eigenvalue weighted by molar-refractivity contribution is 0.0288. The molecule has 1 fully saturated rings. The van der Waals surface area contributed by atoms with Crippen molar-refractivity contribution in [1.29, 1.82) is 0 Å². The van der Waals surface area contributed by atoms with Gasteiger partial charge in [-0.25, -0.2) is 14.8 Å². The third kappa shape index (κ3) is 4.96. The highest BCUT2D eigenvalue weighted by Gasteiger charge is 2.30. The quantitative estimate of drug-likeness (QED) is 0.845. The second-order valence-corrected chi connectivity index (χ2v) is 7.45. The summed E-state index contributed by atoms with van der Waals surface area (Å²) in [6.07, 6.45) is 1.24. The van der Waals surface area contributed by atoms with Gasteiger partial charge in [0.1, 0.15) is 16.4 Å². The molecule has 0 saturated carbocycles. The summed E-state index contributed by atoms with van der Waals surface area (Å²) in [4.78, 5) is 24.2. The predicted molar refractivity (Wildman–Crippen MR) is 91.0 cm³/mol. The standard InChI is InChI=1S/C16H25ClN4O2/c1-16(2,3)23-15(22)21-7-6-11(10-21)8-13-18-9-12(17)14(19-13)20(4)5/h9,11H,6-8,10H2,1-5H3/t11-/m0/s1/i9D. The molecule has 0 aliphatic carbocycles. The molecule has 1 saturated heterocycles. The van der Waals surface area contributed by atoms with Crippen LogP contribution in [0, 0.1) is 5.92 Å². The Labute approximate surface area is 144 Å². The van der Waals surface area contributed by atoms with Crippen LogP contribution in [0.2, 0.25) is 5.02 Å². The van der Waals surface area contributed by atoms with Gasteiger partial charge in [0.2, 0.25) is 0 Å². The van der Waals surface area contributed by atoms with Gasteiger partial charge in [0, 0.05) is 33.6 Å². The number of rotatable bonds is 3. The first-order valence-electron chi connectivity index (χ1n) is 8.25. The first kappa shape index (κ1) is 16.3. The van der Waals surface area contributed by atoms with E-state index in [1.165, 1.54) is 0 Å². The van der Waals surface area contributed by atoms with Crippen molar-refractivity contribution in [2.45, 2.75) is 39.2 Å². The van der Waals surface area contributed by atoms with Crippen molar-refractivity contribution in [3.63, 3.8) is 0 Å². The molecule has 2 rings (SSSR count). The maximum atomic E-state index is 12.1. The number of hydrogen-bond donors (Lipinski definition) is 0. The first-order chi connectivity index (χ1) is 11.1. The molecule has 0 N–H and O–H groups in total. The van der Waals surface area contributed by atoms with Gasteiger partial charge >= 0.3 is 6.09 Å². The molecular formula is C16H25ClN4O2. The van der Waals surface area contributed by atoms with Crippen LogP contribution in [0.3, 0.4) is 0 Å². The summed E-state index contributed by atoms with van der Waals surface area (Å²) in [6.45, 7) is 6.86. The summed E-state index contributed by atoms with van der Waals surface area (Å²) in [5, 5.41) is 0.255. The van der Waals surface area contributed by atoms with E-state index in [0.717, 1.165) is 6.42 Å². The van der Waals surface area contributed by atoms with E-state index in [1.54, 1.807) is 9.80 Å². The number of carbonyl (C=O) groups is 1. The number of ether oxygens (including phenoxy) is 1. The fraction of sp³-hybridized carbons (Fsp3) is 0.688. The van der Waals surface area contributed by atoms with Gasteiger partial charge in [0.15, 0.2) is 5.82 Å². The lowest BCUT2D eigenvalue weighted by Gasteiger charge is -2.24. The molecule has 0 unspecified atom stereocenters. The number of carbonyl (C=O) groups excluding carboxylic acids is 1. The van der Waals surface area contributed by atoms with Crippen LogP contribution >= 0.6 is 11.6 Å². The normalized spacial score (nSPS) is 18.8. The van der Waals surface area contributed by atoms with E-state index in [1.807, 2.05) is 34.9 Å². The second kappa shape index (κ2) is 6.91. The van der Waals surface area contributed by atoms with E-state index in [4.69, 9.17) is 17.7 Å². The van der Waals surface area contributed by atoms with Crippen molar-refractivity contribution >= 4 is 23.5 Å². The topological polar surface area (TPSA) is 58.6 Å². The average Bonchev–Trinajstić information content (AvgIpc) is 2.89. The van der Waals surface area contributed by atoms with Gasteiger partial charge in [0.05, 0.1) is 7.54 Å². The fourth-order valence-corrected chi connectivity index (χ4v) is 2.75. The van der Waals surface area contributed by atoms with Crippen molar-refractivity contribution in [3.8, 4) is 0 Å². The lowest BCUT2D eigenvalue weighted by atomic mass is 10.0. The Hall–Kier alpha value is -1.56. The number of anilines is 1. The van der Waals surface area contributed by atoms with Crippen LogP contribution in [-0.4, -0.2) is 53.7 Å². The van der Waals surface area contributed by atoms with E-state index < -0.39 is 5.60 Å². The monoisotopic (exact) mass is 341 g/mol. The number of nitrogens with zero attached hydrogens (tertiary/aromatic N) is 4. The number of aromatic nitrogens is 2. The largest absolute Gasteiger partial charge is 0.444 e. The van der Waals surface area contributed by atoms with Crippen molar-refractivity contribution in [2.75, 3.05) is 32.1 Å². The smallest absolute Gasteiger partial charge is 0.410 e. The minimum Gasteiger partial charge on any atom is -0.444 e.